The van der Waals surface area contributed by atoms with Crippen LogP contribution in [0.2, 0.25) is 0 Å². The molecule has 2 aliphatic rings. The first-order chi connectivity index (χ1) is 10.00. The van der Waals surface area contributed by atoms with Gasteiger partial charge in [-0.3, -0.25) is 9.59 Å². The summed E-state index contributed by atoms with van der Waals surface area (Å²) < 4.78 is 0. The molecule has 0 saturated carbocycles. The van der Waals surface area contributed by atoms with Crippen molar-refractivity contribution in [1.29, 1.82) is 0 Å². The third kappa shape index (κ3) is 2.42. The molecule has 2 aliphatic heterocycles. The van der Waals surface area contributed by atoms with Crippen molar-refractivity contribution in [2.45, 2.75) is 38.4 Å². The molecule has 1 saturated heterocycles. The molecule has 21 heavy (non-hydrogen) atoms. The van der Waals surface area contributed by atoms with Gasteiger partial charge in [0.25, 0.3) is 0 Å². The molecule has 112 valence electrons. The van der Waals surface area contributed by atoms with Gasteiger partial charge in [-0.2, -0.15) is 0 Å². The van der Waals surface area contributed by atoms with E-state index < -0.39 is 5.54 Å². The lowest BCUT2D eigenvalue weighted by Gasteiger charge is -2.43. The second kappa shape index (κ2) is 5.15. The molecule has 5 heteroatoms. The Balaban J connectivity index is 1.79. The van der Waals surface area contributed by atoms with E-state index in [9.17, 15) is 9.59 Å². The Labute approximate surface area is 124 Å². The lowest BCUT2D eigenvalue weighted by molar-refractivity contribution is -0.150. The molecule has 1 atom stereocenters. The third-order valence-electron chi connectivity index (χ3n) is 4.50. The van der Waals surface area contributed by atoms with Crippen LogP contribution in [0.15, 0.2) is 24.3 Å². The third-order valence-corrected chi connectivity index (χ3v) is 4.50. The Morgan fingerprint density at radius 2 is 2.00 bits per heavy atom. The van der Waals surface area contributed by atoms with Crippen LogP contribution in [-0.4, -0.2) is 41.4 Å². The van der Waals surface area contributed by atoms with E-state index in [1.807, 2.05) is 12.1 Å². The number of hydrogen-bond acceptors (Lipinski definition) is 3. The molecular weight excluding hydrogens is 266 g/mol. The van der Waals surface area contributed by atoms with Gasteiger partial charge in [0.2, 0.25) is 11.8 Å². The maximum atomic E-state index is 12.8. The molecule has 0 radical (unpaired) electrons. The van der Waals surface area contributed by atoms with Crippen molar-refractivity contribution in [1.82, 2.24) is 15.5 Å². The summed E-state index contributed by atoms with van der Waals surface area (Å²) in [6.07, 6.45) is 0.684. The second-order valence-corrected chi connectivity index (χ2v) is 6.21. The Hall–Kier alpha value is -1.88. The molecule has 2 amide bonds. The van der Waals surface area contributed by atoms with Gasteiger partial charge in [0, 0.05) is 19.6 Å². The first-order valence-electron chi connectivity index (χ1n) is 7.40. The largest absolute Gasteiger partial charge is 0.352 e. The normalized spacial score (nSPS) is 24.2. The quantitative estimate of drug-likeness (QED) is 0.788. The summed E-state index contributed by atoms with van der Waals surface area (Å²) in [6, 6.07) is 7.93. The Morgan fingerprint density at radius 3 is 2.76 bits per heavy atom. The molecule has 0 aliphatic carbocycles. The van der Waals surface area contributed by atoms with Crippen LogP contribution in [0, 0.1) is 0 Å². The Bertz CT molecular complexity index is 583. The smallest absolute Gasteiger partial charge is 0.245 e. The maximum Gasteiger partial charge on any atom is 0.245 e. The summed E-state index contributed by atoms with van der Waals surface area (Å²) in [5, 5.41) is 6.12. The lowest BCUT2D eigenvalue weighted by Crippen LogP contribution is -2.66. The zero-order valence-electron chi connectivity index (χ0n) is 12.5. The molecule has 0 bridgehead atoms. The van der Waals surface area contributed by atoms with Crippen molar-refractivity contribution in [2.24, 2.45) is 0 Å². The van der Waals surface area contributed by atoms with Crippen molar-refractivity contribution >= 4 is 11.8 Å². The van der Waals surface area contributed by atoms with Crippen LogP contribution in [-0.2, 0) is 22.6 Å². The van der Waals surface area contributed by atoms with Gasteiger partial charge in [-0.25, -0.2) is 0 Å². The minimum Gasteiger partial charge on any atom is -0.352 e. The molecule has 0 spiro atoms. The first kappa shape index (κ1) is 14.1. The number of benzene rings is 1. The fourth-order valence-electron chi connectivity index (χ4n) is 3.10. The molecule has 1 aromatic carbocycles. The monoisotopic (exact) mass is 287 g/mol. The van der Waals surface area contributed by atoms with E-state index in [2.05, 4.69) is 22.8 Å². The number of carbonyl (C=O) groups is 2. The van der Waals surface area contributed by atoms with Gasteiger partial charge < -0.3 is 15.5 Å². The van der Waals surface area contributed by atoms with E-state index in [4.69, 9.17) is 0 Å². The highest BCUT2D eigenvalue weighted by Crippen LogP contribution is 2.22. The Morgan fingerprint density at radius 1 is 1.29 bits per heavy atom. The summed E-state index contributed by atoms with van der Waals surface area (Å²) in [6.45, 7) is 5.40. The van der Waals surface area contributed by atoms with E-state index in [0.717, 1.165) is 0 Å². The second-order valence-electron chi connectivity index (χ2n) is 6.21. The predicted octanol–water partition coefficient (Wildman–Crippen LogP) is 0.438. The van der Waals surface area contributed by atoms with Crippen LogP contribution < -0.4 is 10.6 Å². The fraction of sp³-hybridized carbons (Fsp3) is 0.500. The van der Waals surface area contributed by atoms with Crippen LogP contribution in [0.3, 0.4) is 0 Å². The number of carbonyl (C=O) groups excluding carboxylic acids is 2. The number of piperazine rings is 1. The highest BCUT2D eigenvalue weighted by molar-refractivity contribution is 5.93. The molecular formula is C16H21N3O2. The van der Waals surface area contributed by atoms with Gasteiger partial charge >= 0.3 is 0 Å². The minimum absolute atomic E-state index is 0.0179. The van der Waals surface area contributed by atoms with E-state index >= 15 is 0 Å². The van der Waals surface area contributed by atoms with Crippen LogP contribution in [0.25, 0.3) is 0 Å². The molecule has 2 N–H and O–H groups in total. The average molecular weight is 287 g/mol. The van der Waals surface area contributed by atoms with Gasteiger partial charge in [0.1, 0.15) is 5.54 Å². The number of amides is 2. The topological polar surface area (TPSA) is 61.4 Å². The fourth-order valence-corrected chi connectivity index (χ4v) is 3.10. The van der Waals surface area contributed by atoms with Gasteiger partial charge in [-0.05, 0) is 31.4 Å². The van der Waals surface area contributed by atoms with Crippen molar-refractivity contribution in [2.75, 3.05) is 13.1 Å². The standard InChI is InChI=1S/C16H21N3O2/c1-16(2)15(21)17-7-8-19(16)14(20)13-9-11-5-3-4-6-12(11)10-18-13/h3-6,13,18H,7-10H2,1-2H3,(H,17,21)/t13-/m1/s1. The summed E-state index contributed by atoms with van der Waals surface area (Å²) in [5.74, 6) is -0.0670. The van der Waals surface area contributed by atoms with Crippen molar-refractivity contribution in [3.63, 3.8) is 0 Å². The molecule has 3 rings (SSSR count). The van der Waals surface area contributed by atoms with Crippen LogP contribution in [0.5, 0.6) is 0 Å². The highest BCUT2D eigenvalue weighted by atomic mass is 16.2. The number of nitrogens with zero attached hydrogens (tertiary/aromatic N) is 1. The first-order valence-corrected chi connectivity index (χ1v) is 7.40. The zero-order valence-corrected chi connectivity index (χ0v) is 12.5. The van der Waals surface area contributed by atoms with Crippen molar-refractivity contribution in [3.05, 3.63) is 35.4 Å². The van der Waals surface area contributed by atoms with Gasteiger partial charge in [0.05, 0.1) is 6.04 Å². The van der Waals surface area contributed by atoms with Crippen LogP contribution >= 0.6 is 0 Å². The minimum atomic E-state index is -0.784. The molecule has 1 aromatic rings. The summed E-state index contributed by atoms with van der Waals surface area (Å²) in [4.78, 5) is 26.5. The van der Waals surface area contributed by atoms with E-state index in [-0.39, 0.29) is 17.9 Å². The van der Waals surface area contributed by atoms with Crippen LogP contribution in [0.4, 0.5) is 0 Å². The highest BCUT2D eigenvalue weighted by Gasteiger charge is 2.42. The Kier molecular flexibility index (Phi) is 3.45. The molecule has 0 unspecified atom stereocenters. The van der Waals surface area contributed by atoms with Crippen molar-refractivity contribution < 1.29 is 9.59 Å². The lowest BCUT2D eigenvalue weighted by atomic mass is 9.92. The summed E-state index contributed by atoms with van der Waals surface area (Å²) in [7, 11) is 0. The van der Waals surface area contributed by atoms with Crippen molar-refractivity contribution in [3.8, 4) is 0 Å². The van der Waals surface area contributed by atoms with E-state index in [1.54, 1.807) is 18.7 Å². The van der Waals surface area contributed by atoms with Gasteiger partial charge in [-0.1, -0.05) is 24.3 Å². The van der Waals surface area contributed by atoms with Crippen LogP contribution in [0.1, 0.15) is 25.0 Å². The number of rotatable bonds is 1. The number of hydrogen-bond donors (Lipinski definition) is 2. The van der Waals surface area contributed by atoms with Gasteiger partial charge in [0.15, 0.2) is 0 Å². The summed E-state index contributed by atoms with van der Waals surface area (Å²) in [5.41, 5.74) is 1.68. The molecule has 1 fully saturated rings. The predicted molar refractivity (Wildman–Crippen MR) is 79.6 cm³/mol. The van der Waals surface area contributed by atoms with E-state index in [0.29, 0.717) is 26.1 Å². The zero-order chi connectivity index (χ0) is 15.0. The molecule has 5 nitrogen and oxygen atoms in total. The number of nitrogens with one attached hydrogen (secondary N) is 2. The van der Waals surface area contributed by atoms with E-state index in [1.165, 1.54) is 11.1 Å². The van der Waals surface area contributed by atoms with Gasteiger partial charge in [-0.15, -0.1) is 0 Å². The molecule has 0 aromatic heterocycles. The molecule has 2 heterocycles. The number of fused-ring (bicyclic) bond motifs is 1. The SMILES string of the molecule is CC1(C)C(=O)NCCN1C(=O)[C@H]1Cc2ccccc2CN1. The average Bonchev–Trinajstić information content (AvgIpc) is 2.49. The maximum absolute atomic E-state index is 12.8. The summed E-state index contributed by atoms with van der Waals surface area (Å²) >= 11 is 0.